The van der Waals surface area contributed by atoms with E-state index >= 15 is 0 Å². The molecule has 0 bridgehead atoms. The summed E-state index contributed by atoms with van der Waals surface area (Å²) in [6.45, 7) is 5.98. The van der Waals surface area contributed by atoms with E-state index in [1.165, 1.54) is 0 Å². The highest BCUT2D eigenvalue weighted by molar-refractivity contribution is 6.31. The van der Waals surface area contributed by atoms with Crippen molar-refractivity contribution in [3.63, 3.8) is 0 Å². The second-order valence-corrected chi connectivity index (χ2v) is 5.03. The predicted molar refractivity (Wildman–Crippen MR) is 72.8 cm³/mol. The molecule has 0 aliphatic carbocycles. The summed E-state index contributed by atoms with van der Waals surface area (Å²) in [5, 5.41) is 5.14. The van der Waals surface area contributed by atoms with Gasteiger partial charge in [0.25, 0.3) is 0 Å². The van der Waals surface area contributed by atoms with Crippen LogP contribution < -0.4 is 0 Å². The molecular weight excluding hydrogens is 248 g/mol. The number of aldehydes is 1. The van der Waals surface area contributed by atoms with E-state index in [1.807, 2.05) is 39.0 Å². The molecule has 0 aliphatic heterocycles. The lowest BCUT2D eigenvalue weighted by molar-refractivity contribution is 0.112. The van der Waals surface area contributed by atoms with Crippen LogP contribution in [0.1, 0.15) is 41.4 Å². The van der Waals surface area contributed by atoms with Crippen LogP contribution in [0.2, 0.25) is 5.02 Å². The van der Waals surface area contributed by atoms with Crippen LogP contribution in [-0.4, -0.2) is 16.1 Å². The average Bonchev–Trinajstić information content (AvgIpc) is 2.77. The van der Waals surface area contributed by atoms with E-state index in [9.17, 15) is 4.79 Å². The van der Waals surface area contributed by atoms with Gasteiger partial charge in [0.15, 0.2) is 6.29 Å². The van der Waals surface area contributed by atoms with Gasteiger partial charge in [-0.1, -0.05) is 31.5 Å². The first-order valence-corrected chi connectivity index (χ1v) is 6.22. The Kier molecular flexibility index (Phi) is 3.53. The normalized spacial score (nSPS) is 10.9. The maximum absolute atomic E-state index is 11.0. The van der Waals surface area contributed by atoms with E-state index in [0.717, 1.165) is 23.2 Å². The van der Waals surface area contributed by atoms with Crippen molar-refractivity contribution in [3.8, 4) is 5.69 Å². The topological polar surface area (TPSA) is 34.9 Å². The van der Waals surface area contributed by atoms with E-state index in [-0.39, 0.29) is 5.92 Å². The van der Waals surface area contributed by atoms with Gasteiger partial charge < -0.3 is 0 Å². The van der Waals surface area contributed by atoms with E-state index < -0.39 is 0 Å². The minimum Gasteiger partial charge on any atom is -0.298 e. The SMILES string of the molecule is Cc1ccc(-n2cc(C=O)c(C(C)C)n2)cc1Cl. The van der Waals surface area contributed by atoms with Crippen LogP contribution >= 0.6 is 11.6 Å². The van der Waals surface area contributed by atoms with Gasteiger partial charge in [0.05, 0.1) is 16.9 Å². The minimum absolute atomic E-state index is 0.215. The highest BCUT2D eigenvalue weighted by Crippen LogP contribution is 2.22. The molecule has 1 aromatic carbocycles. The maximum atomic E-state index is 11.0. The van der Waals surface area contributed by atoms with E-state index in [0.29, 0.717) is 10.6 Å². The molecule has 0 saturated carbocycles. The van der Waals surface area contributed by atoms with Crippen molar-refractivity contribution in [1.82, 2.24) is 9.78 Å². The van der Waals surface area contributed by atoms with Crippen molar-refractivity contribution in [1.29, 1.82) is 0 Å². The smallest absolute Gasteiger partial charge is 0.153 e. The number of aromatic nitrogens is 2. The molecule has 0 aliphatic rings. The fourth-order valence-electron chi connectivity index (χ4n) is 1.80. The Labute approximate surface area is 111 Å². The Bertz CT molecular complexity index is 587. The van der Waals surface area contributed by atoms with Crippen LogP contribution in [0.5, 0.6) is 0 Å². The third-order valence-corrected chi connectivity index (χ3v) is 3.27. The van der Waals surface area contributed by atoms with Crippen molar-refractivity contribution >= 4 is 17.9 Å². The van der Waals surface area contributed by atoms with Crippen LogP contribution in [0.3, 0.4) is 0 Å². The Morgan fingerprint density at radius 3 is 2.61 bits per heavy atom. The predicted octanol–water partition coefficient (Wildman–Crippen LogP) is 3.77. The highest BCUT2D eigenvalue weighted by Gasteiger charge is 2.12. The summed E-state index contributed by atoms with van der Waals surface area (Å²) >= 11 is 6.10. The summed E-state index contributed by atoms with van der Waals surface area (Å²) in [7, 11) is 0. The second kappa shape index (κ2) is 4.94. The molecule has 0 unspecified atom stereocenters. The van der Waals surface area contributed by atoms with E-state index in [4.69, 9.17) is 11.6 Å². The molecule has 1 aromatic heterocycles. The number of carbonyl (C=O) groups is 1. The summed E-state index contributed by atoms with van der Waals surface area (Å²) in [5.41, 5.74) is 3.32. The summed E-state index contributed by atoms with van der Waals surface area (Å²) in [4.78, 5) is 11.0. The fourth-order valence-corrected chi connectivity index (χ4v) is 1.97. The summed E-state index contributed by atoms with van der Waals surface area (Å²) in [6.07, 6.45) is 2.58. The first-order valence-electron chi connectivity index (χ1n) is 5.84. The largest absolute Gasteiger partial charge is 0.298 e. The van der Waals surface area contributed by atoms with Crippen molar-refractivity contribution in [2.75, 3.05) is 0 Å². The zero-order chi connectivity index (χ0) is 13.3. The van der Waals surface area contributed by atoms with Crippen LogP contribution in [0.4, 0.5) is 0 Å². The number of halogens is 1. The Hall–Kier alpha value is -1.61. The summed E-state index contributed by atoms with van der Waals surface area (Å²) in [6, 6.07) is 5.73. The summed E-state index contributed by atoms with van der Waals surface area (Å²) in [5.74, 6) is 0.215. The number of aryl methyl sites for hydroxylation is 1. The van der Waals surface area contributed by atoms with Crippen LogP contribution in [0.15, 0.2) is 24.4 Å². The Morgan fingerprint density at radius 2 is 2.11 bits per heavy atom. The van der Waals surface area contributed by atoms with Crippen molar-refractivity contribution in [3.05, 3.63) is 46.2 Å². The number of hydrogen-bond donors (Lipinski definition) is 0. The monoisotopic (exact) mass is 262 g/mol. The average molecular weight is 263 g/mol. The highest BCUT2D eigenvalue weighted by atomic mass is 35.5. The lowest BCUT2D eigenvalue weighted by atomic mass is 10.1. The third kappa shape index (κ3) is 2.31. The van der Waals surface area contributed by atoms with Gasteiger partial charge in [-0.05, 0) is 30.5 Å². The molecule has 3 nitrogen and oxygen atoms in total. The quantitative estimate of drug-likeness (QED) is 0.789. The fraction of sp³-hybridized carbons (Fsp3) is 0.286. The molecule has 0 spiro atoms. The number of benzene rings is 1. The lowest BCUT2D eigenvalue weighted by Crippen LogP contribution is -1.97. The molecule has 0 radical (unpaired) electrons. The van der Waals surface area contributed by atoms with Gasteiger partial charge in [-0.3, -0.25) is 4.79 Å². The Balaban J connectivity index is 2.50. The molecule has 2 rings (SSSR count). The molecule has 1 heterocycles. The molecule has 94 valence electrons. The van der Waals surface area contributed by atoms with Gasteiger partial charge in [0, 0.05) is 11.2 Å². The third-order valence-electron chi connectivity index (χ3n) is 2.87. The molecule has 0 N–H and O–H groups in total. The summed E-state index contributed by atoms with van der Waals surface area (Å²) < 4.78 is 1.70. The van der Waals surface area contributed by atoms with Crippen LogP contribution in [0, 0.1) is 6.92 Å². The van der Waals surface area contributed by atoms with E-state index in [2.05, 4.69) is 5.10 Å². The van der Waals surface area contributed by atoms with Crippen molar-refractivity contribution in [2.24, 2.45) is 0 Å². The van der Waals surface area contributed by atoms with Gasteiger partial charge >= 0.3 is 0 Å². The van der Waals surface area contributed by atoms with Crippen molar-refractivity contribution in [2.45, 2.75) is 26.7 Å². The molecule has 2 aromatic rings. The van der Waals surface area contributed by atoms with Gasteiger partial charge in [-0.25, -0.2) is 4.68 Å². The molecule has 0 amide bonds. The number of carbonyl (C=O) groups excluding carboxylic acids is 1. The van der Waals surface area contributed by atoms with E-state index in [1.54, 1.807) is 10.9 Å². The number of nitrogens with zero attached hydrogens (tertiary/aromatic N) is 2. The van der Waals surface area contributed by atoms with Crippen LogP contribution in [-0.2, 0) is 0 Å². The number of rotatable bonds is 3. The zero-order valence-electron chi connectivity index (χ0n) is 10.6. The molecule has 18 heavy (non-hydrogen) atoms. The Morgan fingerprint density at radius 1 is 1.39 bits per heavy atom. The number of hydrogen-bond acceptors (Lipinski definition) is 2. The van der Waals surface area contributed by atoms with Crippen molar-refractivity contribution < 1.29 is 4.79 Å². The lowest BCUT2D eigenvalue weighted by Gasteiger charge is -2.04. The standard InChI is InChI=1S/C14H15ClN2O/c1-9(2)14-11(8-18)7-17(16-14)12-5-4-10(3)13(15)6-12/h4-9H,1-3H3. The molecule has 0 saturated heterocycles. The first kappa shape index (κ1) is 12.8. The van der Waals surface area contributed by atoms with Gasteiger partial charge in [-0.2, -0.15) is 5.10 Å². The molecule has 4 heteroatoms. The van der Waals surface area contributed by atoms with Gasteiger partial charge in [-0.15, -0.1) is 0 Å². The van der Waals surface area contributed by atoms with Crippen LogP contribution in [0.25, 0.3) is 5.69 Å². The van der Waals surface area contributed by atoms with Gasteiger partial charge in [0.2, 0.25) is 0 Å². The molecular formula is C14H15ClN2O. The maximum Gasteiger partial charge on any atom is 0.153 e. The second-order valence-electron chi connectivity index (χ2n) is 4.62. The zero-order valence-corrected chi connectivity index (χ0v) is 11.4. The van der Waals surface area contributed by atoms with Gasteiger partial charge in [0.1, 0.15) is 0 Å². The first-order chi connectivity index (χ1) is 8.52. The molecule has 0 fully saturated rings. The molecule has 0 atom stereocenters. The minimum atomic E-state index is 0.215.